The molecule has 0 aliphatic rings. The zero-order valence-corrected chi connectivity index (χ0v) is 15.4. The third-order valence-electron chi connectivity index (χ3n) is 3.56. The first-order chi connectivity index (χ1) is 11.6. The smallest absolute Gasteiger partial charge is 0.227 e. The van der Waals surface area contributed by atoms with Crippen LogP contribution >= 0.6 is 27.3 Å². The number of benzene rings is 1. The Kier molecular flexibility index (Phi) is 5.42. The molecule has 1 aromatic carbocycles. The lowest BCUT2D eigenvalue weighted by Gasteiger charge is -2.15. The molecule has 0 aliphatic heterocycles. The number of rotatable bonds is 6. The highest BCUT2D eigenvalue weighted by Crippen LogP contribution is 2.23. The second-order valence-corrected chi connectivity index (χ2v) is 6.97. The van der Waals surface area contributed by atoms with E-state index in [1.165, 1.54) is 0 Å². The van der Waals surface area contributed by atoms with E-state index in [1.54, 1.807) is 11.3 Å². The molecule has 0 fully saturated rings. The third-order valence-corrected chi connectivity index (χ3v) is 4.97. The summed E-state index contributed by atoms with van der Waals surface area (Å²) in [6.07, 6.45) is 0.728. The van der Waals surface area contributed by atoms with Crippen molar-refractivity contribution in [2.24, 2.45) is 0 Å². The molecule has 0 saturated heterocycles. The fourth-order valence-corrected chi connectivity index (χ4v) is 3.57. The Bertz CT molecular complexity index is 817. The Morgan fingerprint density at radius 3 is 2.96 bits per heavy atom. The molecule has 24 heavy (non-hydrogen) atoms. The highest BCUT2D eigenvalue weighted by atomic mass is 79.9. The minimum atomic E-state index is -0.0721. The second-order valence-electron chi connectivity index (χ2n) is 5.33. The van der Waals surface area contributed by atoms with Crippen LogP contribution in [0.5, 0.6) is 0 Å². The van der Waals surface area contributed by atoms with Crippen molar-refractivity contribution in [1.29, 1.82) is 0 Å². The zero-order valence-electron chi connectivity index (χ0n) is 13.0. The fourth-order valence-electron chi connectivity index (χ4n) is 2.30. The molecule has 2 heterocycles. The van der Waals surface area contributed by atoms with E-state index in [2.05, 4.69) is 31.4 Å². The van der Waals surface area contributed by atoms with Gasteiger partial charge in [0.05, 0.1) is 6.04 Å². The first-order valence-corrected chi connectivity index (χ1v) is 9.26. The van der Waals surface area contributed by atoms with Gasteiger partial charge in [-0.2, -0.15) is 16.3 Å². The molecule has 3 aromatic rings. The number of hydrogen-bond acceptors (Lipinski definition) is 5. The molecule has 5 nitrogen and oxygen atoms in total. The van der Waals surface area contributed by atoms with Crippen molar-refractivity contribution in [3.05, 3.63) is 57.0 Å². The van der Waals surface area contributed by atoms with Crippen molar-refractivity contribution in [2.75, 3.05) is 0 Å². The Morgan fingerprint density at radius 1 is 1.38 bits per heavy atom. The maximum atomic E-state index is 12.1. The Morgan fingerprint density at radius 2 is 2.21 bits per heavy atom. The van der Waals surface area contributed by atoms with Gasteiger partial charge in [-0.1, -0.05) is 39.3 Å². The van der Waals surface area contributed by atoms with E-state index in [1.807, 2.05) is 48.0 Å². The normalized spacial score (nSPS) is 12.1. The third kappa shape index (κ3) is 4.10. The summed E-state index contributed by atoms with van der Waals surface area (Å²) in [4.78, 5) is 16.4. The molecule has 1 N–H and O–H groups in total. The van der Waals surface area contributed by atoms with Crippen LogP contribution in [0.1, 0.15) is 30.8 Å². The first kappa shape index (κ1) is 16.9. The fraction of sp³-hybridized carbons (Fsp3) is 0.235. The number of carbonyl (C=O) groups excluding carboxylic acids is 1. The highest BCUT2D eigenvalue weighted by Gasteiger charge is 2.14. The van der Waals surface area contributed by atoms with Gasteiger partial charge < -0.3 is 9.84 Å². The summed E-state index contributed by atoms with van der Waals surface area (Å²) in [7, 11) is 0. The molecule has 0 bridgehead atoms. The molecule has 0 aliphatic carbocycles. The lowest BCUT2D eigenvalue weighted by atomic mass is 10.1. The maximum Gasteiger partial charge on any atom is 0.227 e. The van der Waals surface area contributed by atoms with Gasteiger partial charge in [-0.3, -0.25) is 4.79 Å². The standard InChI is InChI=1S/C17H16BrN3O2S/c1-11(13-4-2-3-5-14(13)18)19-15(22)6-7-16-20-17(21-23-16)12-8-9-24-10-12/h2-5,8-11H,6-7H2,1H3,(H,19,22). The minimum Gasteiger partial charge on any atom is -0.350 e. The molecular weight excluding hydrogens is 390 g/mol. The van der Waals surface area contributed by atoms with Gasteiger partial charge in [-0.05, 0) is 30.0 Å². The molecule has 0 radical (unpaired) electrons. The molecular formula is C17H16BrN3O2S. The van der Waals surface area contributed by atoms with Gasteiger partial charge in [0, 0.05) is 28.3 Å². The van der Waals surface area contributed by atoms with E-state index < -0.39 is 0 Å². The van der Waals surface area contributed by atoms with Crippen LogP contribution in [0.2, 0.25) is 0 Å². The van der Waals surface area contributed by atoms with Gasteiger partial charge in [0.25, 0.3) is 0 Å². The van der Waals surface area contributed by atoms with Gasteiger partial charge in [0.1, 0.15) is 0 Å². The van der Waals surface area contributed by atoms with Crippen molar-refractivity contribution >= 4 is 33.2 Å². The number of aryl methyl sites for hydroxylation is 1. The predicted molar refractivity (Wildman–Crippen MR) is 96.6 cm³/mol. The van der Waals surface area contributed by atoms with Crippen molar-refractivity contribution in [3.63, 3.8) is 0 Å². The number of carbonyl (C=O) groups is 1. The predicted octanol–water partition coefficient (Wildman–Crippen LogP) is 4.37. The second kappa shape index (κ2) is 7.72. The maximum absolute atomic E-state index is 12.1. The van der Waals surface area contributed by atoms with Crippen molar-refractivity contribution in [2.45, 2.75) is 25.8 Å². The lowest BCUT2D eigenvalue weighted by Crippen LogP contribution is -2.27. The van der Waals surface area contributed by atoms with E-state index >= 15 is 0 Å². The number of aromatic nitrogens is 2. The average Bonchev–Trinajstić information content (AvgIpc) is 3.24. The molecule has 1 atom stereocenters. The summed E-state index contributed by atoms with van der Waals surface area (Å²) in [6, 6.07) is 9.71. The summed E-state index contributed by atoms with van der Waals surface area (Å²) in [5.74, 6) is 0.988. The molecule has 3 rings (SSSR count). The van der Waals surface area contributed by atoms with E-state index in [0.717, 1.165) is 15.6 Å². The highest BCUT2D eigenvalue weighted by molar-refractivity contribution is 9.10. The molecule has 1 unspecified atom stereocenters. The van der Waals surface area contributed by atoms with Crippen LogP contribution in [0.4, 0.5) is 0 Å². The SMILES string of the molecule is CC(NC(=O)CCc1nc(-c2ccsc2)no1)c1ccccc1Br. The summed E-state index contributed by atoms with van der Waals surface area (Å²) in [5.41, 5.74) is 1.98. The lowest BCUT2D eigenvalue weighted by molar-refractivity contribution is -0.121. The van der Waals surface area contributed by atoms with E-state index in [-0.39, 0.29) is 11.9 Å². The van der Waals surface area contributed by atoms with Crippen LogP contribution in [0, 0.1) is 0 Å². The van der Waals surface area contributed by atoms with Crippen LogP contribution in [0.3, 0.4) is 0 Å². The van der Waals surface area contributed by atoms with Crippen LogP contribution in [-0.2, 0) is 11.2 Å². The topological polar surface area (TPSA) is 68.0 Å². The van der Waals surface area contributed by atoms with E-state index in [4.69, 9.17) is 4.52 Å². The van der Waals surface area contributed by atoms with E-state index in [0.29, 0.717) is 24.6 Å². The van der Waals surface area contributed by atoms with Gasteiger partial charge >= 0.3 is 0 Å². The zero-order chi connectivity index (χ0) is 16.9. The van der Waals surface area contributed by atoms with Crippen LogP contribution < -0.4 is 5.32 Å². The minimum absolute atomic E-state index is 0.0477. The average molecular weight is 406 g/mol. The summed E-state index contributed by atoms with van der Waals surface area (Å²) < 4.78 is 6.19. The number of nitrogens with one attached hydrogen (secondary N) is 1. The quantitative estimate of drug-likeness (QED) is 0.660. The van der Waals surface area contributed by atoms with Gasteiger partial charge in [-0.25, -0.2) is 0 Å². The molecule has 0 saturated carbocycles. The molecule has 0 spiro atoms. The Hall–Kier alpha value is -1.99. The van der Waals surface area contributed by atoms with Crippen LogP contribution in [0.15, 0.2) is 50.1 Å². The molecule has 1 amide bonds. The summed E-state index contributed by atoms with van der Waals surface area (Å²) in [5, 5.41) is 10.8. The summed E-state index contributed by atoms with van der Waals surface area (Å²) in [6.45, 7) is 1.96. The number of nitrogens with zero attached hydrogens (tertiary/aromatic N) is 2. The molecule has 7 heteroatoms. The largest absolute Gasteiger partial charge is 0.350 e. The number of thiophene rings is 1. The Labute approximate surface area is 152 Å². The van der Waals surface area contributed by atoms with Gasteiger partial charge in [-0.15, -0.1) is 0 Å². The number of halogens is 1. The van der Waals surface area contributed by atoms with Crippen LogP contribution in [0.25, 0.3) is 11.4 Å². The van der Waals surface area contributed by atoms with Crippen molar-refractivity contribution in [1.82, 2.24) is 15.5 Å². The van der Waals surface area contributed by atoms with Crippen molar-refractivity contribution < 1.29 is 9.32 Å². The van der Waals surface area contributed by atoms with Crippen LogP contribution in [-0.4, -0.2) is 16.0 Å². The van der Waals surface area contributed by atoms with Crippen molar-refractivity contribution in [3.8, 4) is 11.4 Å². The number of amides is 1. The van der Waals surface area contributed by atoms with E-state index in [9.17, 15) is 4.79 Å². The first-order valence-electron chi connectivity index (χ1n) is 7.52. The molecule has 2 aromatic heterocycles. The Balaban J connectivity index is 1.53. The van der Waals surface area contributed by atoms with Gasteiger partial charge in [0.2, 0.25) is 17.6 Å². The summed E-state index contributed by atoms with van der Waals surface area (Å²) >= 11 is 5.08. The monoisotopic (exact) mass is 405 g/mol. The molecule has 124 valence electrons. The van der Waals surface area contributed by atoms with Gasteiger partial charge in [0.15, 0.2) is 0 Å². The number of hydrogen-bond donors (Lipinski definition) is 1.